The van der Waals surface area contributed by atoms with E-state index in [0.717, 1.165) is 29.2 Å². The molecule has 2 aromatic carbocycles. The average molecular weight is 456 g/mol. The van der Waals surface area contributed by atoms with Gasteiger partial charge in [-0.25, -0.2) is 4.68 Å². The fraction of sp³-hybridized carbons (Fsp3) is 0.167. The van der Waals surface area contributed by atoms with Gasteiger partial charge in [0.15, 0.2) is 9.54 Å². The van der Waals surface area contributed by atoms with Crippen molar-refractivity contribution in [1.82, 2.24) is 35.0 Å². The summed E-state index contributed by atoms with van der Waals surface area (Å²) in [7, 11) is 0. The molecule has 1 fully saturated rings. The van der Waals surface area contributed by atoms with E-state index >= 15 is 0 Å². The van der Waals surface area contributed by atoms with Crippen molar-refractivity contribution in [2.75, 3.05) is 10.6 Å². The number of H-pyrrole nitrogens is 3. The summed E-state index contributed by atoms with van der Waals surface area (Å²) in [6.07, 6.45) is 1.02. The number of anilines is 2. The van der Waals surface area contributed by atoms with Gasteiger partial charge in [0.1, 0.15) is 0 Å². The average Bonchev–Trinajstić information content (AvgIpc) is 3.14. The van der Waals surface area contributed by atoms with Crippen LogP contribution in [0.3, 0.4) is 0 Å². The van der Waals surface area contributed by atoms with Crippen molar-refractivity contribution in [2.45, 2.75) is 18.5 Å². The van der Waals surface area contributed by atoms with Gasteiger partial charge in [0.2, 0.25) is 4.77 Å². The van der Waals surface area contributed by atoms with Crippen molar-refractivity contribution >= 4 is 48.0 Å². The van der Waals surface area contributed by atoms with Gasteiger partial charge in [-0.15, -0.1) is 0 Å². The molecular formula is C18H17N9S3. The standard InChI is InChI=1S/C18H17N9S3/c28-16-21-22-17(29)26(16)12-5-1-3-10(7-12)19-14-9-15(14)20-11-4-2-6-13(8-11)27-18(30)23-24-25-27/h1-8,14-15,19-20H,9H2,(H,21,28)(H,22,29)(H,23,25,30). The van der Waals surface area contributed by atoms with Gasteiger partial charge in [-0.05, 0) is 79.5 Å². The quantitative estimate of drug-likeness (QED) is 0.281. The van der Waals surface area contributed by atoms with Crippen LogP contribution in [0.1, 0.15) is 6.42 Å². The van der Waals surface area contributed by atoms with E-state index in [2.05, 4.69) is 36.4 Å². The minimum Gasteiger partial charge on any atom is -0.380 e. The van der Waals surface area contributed by atoms with E-state index in [4.69, 9.17) is 36.7 Å². The molecule has 0 saturated heterocycles. The first kappa shape index (κ1) is 18.9. The van der Waals surface area contributed by atoms with Crippen molar-refractivity contribution in [3.8, 4) is 11.4 Å². The molecule has 2 unspecified atom stereocenters. The summed E-state index contributed by atoms with van der Waals surface area (Å²) in [5.41, 5.74) is 3.82. The van der Waals surface area contributed by atoms with Gasteiger partial charge in [0.05, 0.1) is 11.4 Å². The first-order valence-electron chi connectivity index (χ1n) is 9.22. The molecule has 5 rings (SSSR count). The number of hydrogen-bond acceptors (Lipinski definition) is 7. The van der Waals surface area contributed by atoms with E-state index in [1.54, 1.807) is 9.25 Å². The largest absolute Gasteiger partial charge is 0.380 e. The number of hydrogen-bond donors (Lipinski definition) is 5. The van der Waals surface area contributed by atoms with Gasteiger partial charge in [0.25, 0.3) is 0 Å². The fourth-order valence-electron chi connectivity index (χ4n) is 3.32. The smallest absolute Gasteiger partial charge is 0.242 e. The summed E-state index contributed by atoms with van der Waals surface area (Å²) in [5.74, 6) is 0. The Labute approximate surface area is 186 Å². The molecule has 0 spiro atoms. The minimum absolute atomic E-state index is 0.327. The molecule has 2 aromatic heterocycles. The molecule has 1 saturated carbocycles. The van der Waals surface area contributed by atoms with Crippen LogP contribution in [0, 0.1) is 14.3 Å². The molecule has 0 radical (unpaired) electrons. The molecule has 0 bridgehead atoms. The van der Waals surface area contributed by atoms with Crippen molar-refractivity contribution in [1.29, 1.82) is 0 Å². The lowest BCUT2D eigenvalue weighted by Crippen LogP contribution is -2.14. The highest BCUT2D eigenvalue weighted by Crippen LogP contribution is 2.30. The highest BCUT2D eigenvalue weighted by Gasteiger charge is 2.37. The van der Waals surface area contributed by atoms with Crippen molar-refractivity contribution in [2.24, 2.45) is 0 Å². The summed E-state index contributed by atoms with van der Waals surface area (Å²) in [6.45, 7) is 0. The Balaban J connectivity index is 1.27. The molecule has 30 heavy (non-hydrogen) atoms. The maximum absolute atomic E-state index is 5.30. The molecule has 4 aromatic rings. The van der Waals surface area contributed by atoms with E-state index < -0.39 is 0 Å². The van der Waals surface area contributed by atoms with Gasteiger partial charge in [-0.2, -0.15) is 5.21 Å². The SMILES string of the molecule is S=c1nn[nH]n1-c1cccc(NC2CC2Nc2cccc(-n3c(=S)[nH][nH]c3=S)c2)c1. The Morgan fingerprint density at radius 1 is 0.867 bits per heavy atom. The third-order valence-corrected chi connectivity index (χ3v) is 5.69. The van der Waals surface area contributed by atoms with Crippen LogP contribution in [0.25, 0.3) is 11.4 Å². The highest BCUT2D eigenvalue weighted by molar-refractivity contribution is 7.72. The molecule has 1 aliphatic carbocycles. The van der Waals surface area contributed by atoms with Crippen LogP contribution in [-0.4, -0.2) is 47.1 Å². The molecule has 2 atom stereocenters. The van der Waals surface area contributed by atoms with Gasteiger partial charge in [0, 0.05) is 23.5 Å². The maximum Gasteiger partial charge on any atom is 0.242 e. The fourth-order valence-corrected chi connectivity index (χ4v) is 4.06. The van der Waals surface area contributed by atoms with Crippen LogP contribution in [-0.2, 0) is 0 Å². The van der Waals surface area contributed by atoms with Crippen LogP contribution in [0.15, 0.2) is 48.5 Å². The Kier molecular flexibility index (Phi) is 4.81. The molecular weight excluding hydrogens is 438 g/mol. The summed E-state index contributed by atoms with van der Waals surface area (Å²) in [5, 5.41) is 23.2. The zero-order chi connectivity index (χ0) is 20.7. The van der Waals surface area contributed by atoms with Crippen molar-refractivity contribution in [3.05, 3.63) is 62.8 Å². The lowest BCUT2D eigenvalue weighted by Gasteiger charge is -2.11. The molecule has 2 heterocycles. The monoisotopic (exact) mass is 455 g/mol. The summed E-state index contributed by atoms with van der Waals surface area (Å²) in [6, 6.07) is 16.7. The van der Waals surface area contributed by atoms with Crippen molar-refractivity contribution < 1.29 is 0 Å². The van der Waals surface area contributed by atoms with E-state index in [1.807, 2.05) is 48.5 Å². The van der Waals surface area contributed by atoms with Crippen LogP contribution in [0.4, 0.5) is 11.4 Å². The molecule has 1 aliphatic rings. The third-order valence-electron chi connectivity index (χ3n) is 4.86. The molecule has 0 amide bonds. The van der Waals surface area contributed by atoms with E-state index in [1.165, 1.54) is 0 Å². The third kappa shape index (κ3) is 3.72. The molecule has 12 heteroatoms. The predicted molar refractivity (Wildman–Crippen MR) is 122 cm³/mol. The van der Waals surface area contributed by atoms with E-state index in [9.17, 15) is 0 Å². The zero-order valence-corrected chi connectivity index (χ0v) is 17.9. The van der Waals surface area contributed by atoms with Crippen LogP contribution < -0.4 is 10.6 Å². The van der Waals surface area contributed by atoms with Crippen molar-refractivity contribution in [3.63, 3.8) is 0 Å². The number of aromatic amines is 3. The number of tetrazole rings is 1. The molecule has 152 valence electrons. The topological polar surface area (TPSA) is 107 Å². The molecule has 0 aliphatic heterocycles. The molecule has 9 nitrogen and oxygen atoms in total. The normalized spacial score (nSPS) is 17.6. The first-order chi connectivity index (χ1) is 14.6. The Hall–Kier alpha value is -3.09. The minimum atomic E-state index is 0.327. The van der Waals surface area contributed by atoms with Crippen LogP contribution >= 0.6 is 36.7 Å². The number of nitrogens with zero attached hydrogens (tertiary/aromatic N) is 4. The Bertz CT molecular complexity index is 1350. The maximum atomic E-state index is 5.30. The second-order valence-electron chi connectivity index (χ2n) is 6.95. The number of nitrogens with one attached hydrogen (secondary N) is 5. The lowest BCUT2D eigenvalue weighted by molar-refractivity contribution is 0.786. The first-order valence-corrected chi connectivity index (χ1v) is 10.4. The zero-order valence-electron chi connectivity index (χ0n) is 15.5. The number of benzene rings is 2. The van der Waals surface area contributed by atoms with E-state index in [0.29, 0.717) is 26.4 Å². The summed E-state index contributed by atoms with van der Waals surface area (Å²) < 4.78 is 4.91. The summed E-state index contributed by atoms with van der Waals surface area (Å²) in [4.78, 5) is 0. The number of aromatic nitrogens is 7. The van der Waals surface area contributed by atoms with Gasteiger partial charge >= 0.3 is 0 Å². The van der Waals surface area contributed by atoms with Gasteiger partial charge in [-0.3, -0.25) is 14.8 Å². The van der Waals surface area contributed by atoms with Gasteiger partial charge in [-0.1, -0.05) is 22.4 Å². The predicted octanol–water partition coefficient (Wildman–Crippen LogP) is 3.90. The molecule has 5 N–H and O–H groups in total. The van der Waals surface area contributed by atoms with Crippen LogP contribution in [0.2, 0.25) is 0 Å². The highest BCUT2D eigenvalue weighted by atomic mass is 32.1. The second kappa shape index (κ2) is 7.63. The van der Waals surface area contributed by atoms with Crippen LogP contribution in [0.5, 0.6) is 0 Å². The number of rotatable bonds is 6. The lowest BCUT2D eigenvalue weighted by atomic mass is 10.2. The second-order valence-corrected chi connectivity index (χ2v) is 8.09. The van der Waals surface area contributed by atoms with Gasteiger partial charge < -0.3 is 10.6 Å². The van der Waals surface area contributed by atoms with E-state index in [-0.39, 0.29) is 0 Å². The Morgan fingerprint density at radius 3 is 2.07 bits per heavy atom. The summed E-state index contributed by atoms with van der Waals surface area (Å²) >= 11 is 15.8. The Morgan fingerprint density at radius 2 is 1.47 bits per heavy atom.